The minimum absolute atomic E-state index is 0. The number of guanidine groups is 1. The summed E-state index contributed by atoms with van der Waals surface area (Å²) in [7, 11) is 0. The molecule has 3 rings (SSSR count). The van der Waals surface area contributed by atoms with Gasteiger partial charge in [-0.2, -0.15) is 0 Å². The van der Waals surface area contributed by atoms with Crippen LogP contribution in [0, 0.1) is 0 Å². The van der Waals surface area contributed by atoms with Crippen LogP contribution in [0.2, 0.25) is 0 Å². The van der Waals surface area contributed by atoms with Gasteiger partial charge in [-0.05, 0) is 32.4 Å². The molecule has 3 aromatic rings. The molecule has 0 aliphatic carbocycles. The molecule has 0 radical (unpaired) electrons. The smallest absolute Gasteiger partial charge is 0.192 e. The summed E-state index contributed by atoms with van der Waals surface area (Å²) in [5.74, 6) is 1.66. The molecule has 5 nitrogen and oxygen atoms in total. The molecule has 0 amide bonds. The summed E-state index contributed by atoms with van der Waals surface area (Å²) in [6, 6.07) is 10.1. The van der Waals surface area contributed by atoms with Gasteiger partial charge in [-0.3, -0.25) is 0 Å². The molecule has 140 valence electrons. The molecular formula is C19H25IN4OS. The first-order valence-electron chi connectivity index (χ1n) is 8.66. The zero-order chi connectivity index (χ0) is 17.6. The third-order valence-corrected chi connectivity index (χ3v) is 4.91. The second-order valence-corrected chi connectivity index (χ2v) is 6.78. The molecule has 7 heteroatoms. The van der Waals surface area contributed by atoms with Crippen LogP contribution in [0.25, 0.3) is 11.0 Å². The topological polar surface area (TPSA) is 62.5 Å². The lowest BCUT2D eigenvalue weighted by Gasteiger charge is -2.15. The van der Waals surface area contributed by atoms with Gasteiger partial charge >= 0.3 is 0 Å². The van der Waals surface area contributed by atoms with Crippen LogP contribution in [-0.2, 0) is 13.0 Å². The quantitative estimate of drug-likeness (QED) is 0.297. The number of aromatic nitrogens is 1. The van der Waals surface area contributed by atoms with E-state index in [4.69, 9.17) is 4.42 Å². The van der Waals surface area contributed by atoms with E-state index in [0.717, 1.165) is 46.4 Å². The molecule has 1 atom stereocenters. The number of rotatable bonds is 6. The first kappa shape index (κ1) is 20.7. The highest BCUT2D eigenvalue weighted by atomic mass is 127. The fraction of sp³-hybridized carbons (Fsp3) is 0.368. The number of hydrogen-bond acceptors (Lipinski definition) is 4. The maximum Gasteiger partial charge on any atom is 0.192 e. The van der Waals surface area contributed by atoms with Crippen LogP contribution in [-0.4, -0.2) is 17.5 Å². The van der Waals surface area contributed by atoms with E-state index in [1.165, 1.54) is 0 Å². The predicted octanol–water partition coefficient (Wildman–Crippen LogP) is 4.89. The molecule has 1 aromatic carbocycles. The minimum atomic E-state index is 0. The summed E-state index contributed by atoms with van der Waals surface area (Å²) in [5, 5.41) is 11.0. The molecule has 26 heavy (non-hydrogen) atoms. The van der Waals surface area contributed by atoms with Gasteiger partial charge in [0.2, 0.25) is 0 Å². The Balaban J connectivity index is 0.00000243. The molecule has 0 bridgehead atoms. The Kier molecular flexibility index (Phi) is 7.89. The highest BCUT2D eigenvalue weighted by Gasteiger charge is 2.13. The van der Waals surface area contributed by atoms with E-state index in [0.29, 0.717) is 6.54 Å². The zero-order valence-corrected chi connectivity index (χ0v) is 18.4. The number of aliphatic imine (C=N–C) groups is 1. The lowest BCUT2D eigenvalue weighted by atomic mass is 10.2. The van der Waals surface area contributed by atoms with Crippen LogP contribution < -0.4 is 10.6 Å². The van der Waals surface area contributed by atoms with Crippen LogP contribution in [0.15, 0.2) is 45.1 Å². The van der Waals surface area contributed by atoms with Gasteiger partial charge in [0.25, 0.3) is 0 Å². The lowest BCUT2D eigenvalue weighted by Crippen LogP contribution is -2.38. The molecule has 0 saturated carbocycles. The molecule has 2 N–H and O–H groups in total. The maximum absolute atomic E-state index is 5.93. The highest BCUT2D eigenvalue weighted by molar-refractivity contribution is 14.0. The maximum atomic E-state index is 5.93. The second kappa shape index (κ2) is 9.91. The molecule has 1 unspecified atom stereocenters. The van der Waals surface area contributed by atoms with E-state index in [2.05, 4.69) is 58.9 Å². The van der Waals surface area contributed by atoms with Crippen molar-refractivity contribution in [1.82, 2.24) is 15.6 Å². The van der Waals surface area contributed by atoms with Crippen molar-refractivity contribution in [2.75, 3.05) is 6.54 Å². The van der Waals surface area contributed by atoms with Crippen LogP contribution in [0.5, 0.6) is 0 Å². The summed E-state index contributed by atoms with van der Waals surface area (Å²) in [6.45, 7) is 7.62. The number of thiazole rings is 1. The van der Waals surface area contributed by atoms with E-state index >= 15 is 0 Å². The van der Waals surface area contributed by atoms with Crippen LogP contribution in [0.3, 0.4) is 0 Å². The van der Waals surface area contributed by atoms with Gasteiger partial charge in [-0.15, -0.1) is 35.3 Å². The van der Waals surface area contributed by atoms with Crippen molar-refractivity contribution in [3.8, 4) is 0 Å². The summed E-state index contributed by atoms with van der Waals surface area (Å²) >= 11 is 1.69. The van der Waals surface area contributed by atoms with Crippen molar-refractivity contribution in [2.45, 2.75) is 39.8 Å². The van der Waals surface area contributed by atoms with E-state index in [9.17, 15) is 0 Å². The normalized spacial score (nSPS) is 12.7. The van der Waals surface area contributed by atoms with Gasteiger partial charge in [-0.25, -0.2) is 9.98 Å². The summed E-state index contributed by atoms with van der Waals surface area (Å²) in [6.07, 6.45) is 0.968. The van der Waals surface area contributed by atoms with E-state index in [-0.39, 0.29) is 30.0 Å². The summed E-state index contributed by atoms with van der Waals surface area (Å²) in [5.41, 5.74) is 1.91. The molecule has 2 aromatic heterocycles. The van der Waals surface area contributed by atoms with Crippen LogP contribution in [0.4, 0.5) is 0 Å². The SMILES string of the molecule is CCNC(=NCc1csc(CC)n1)NC(C)c1cc2ccccc2o1.I. The van der Waals surface area contributed by atoms with Gasteiger partial charge < -0.3 is 15.1 Å². The number of benzene rings is 1. The van der Waals surface area contributed by atoms with Crippen molar-refractivity contribution in [3.63, 3.8) is 0 Å². The van der Waals surface area contributed by atoms with Gasteiger partial charge in [0, 0.05) is 17.3 Å². The fourth-order valence-corrected chi connectivity index (χ4v) is 3.29. The molecule has 0 aliphatic heterocycles. The Hall–Kier alpha value is -1.61. The van der Waals surface area contributed by atoms with Crippen LogP contribution in [0.1, 0.15) is 43.3 Å². The molecule has 0 aliphatic rings. The van der Waals surface area contributed by atoms with Crippen molar-refractivity contribution in [2.24, 2.45) is 4.99 Å². The van der Waals surface area contributed by atoms with Gasteiger partial charge in [0.15, 0.2) is 5.96 Å². The Bertz CT molecular complexity index is 825. The number of furan rings is 1. The number of nitrogens with zero attached hydrogens (tertiary/aromatic N) is 2. The average molecular weight is 484 g/mol. The molecule has 2 heterocycles. The Morgan fingerprint density at radius 1 is 1.31 bits per heavy atom. The van der Waals surface area contributed by atoms with Gasteiger partial charge in [0.1, 0.15) is 11.3 Å². The van der Waals surface area contributed by atoms with Crippen molar-refractivity contribution < 1.29 is 4.42 Å². The number of aryl methyl sites for hydroxylation is 1. The van der Waals surface area contributed by atoms with E-state index in [1.807, 2.05) is 18.2 Å². The van der Waals surface area contributed by atoms with Crippen LogP contribution >= 0.6 is 35.3 Å². The second-order valence-electron chi connectivity index (χ2n) is 5.83. The molecular weight excluding hydrogens is 459 g/mol. The number of para-hydroxylation sites is 1. The zero-order valence-electron chi connectivity index (χ0n) is 15.3. The monoisotopic (exact) mass is 484 g/mol. The Labute approximate surface area is 175 Å². The Morgan fingerprint density at radius 3 is 2.81 bits per heavy atom. The van der Waals surface area contributed by atoms with Gasteiger partial charge in [0.05, 0.1) is 23.3 Å². The summed E-state index contributed by atoms with van der Waals surface area (Å²) in [4.78, 5) is 9.21. The molecule has 0 saturated heterocycles. The largest absolute Gasteiger partial charge is 0.459 e. The number of halogens is 1. The third-order valence-electron chi connectivity index (χ3n) is 3.87. The first-order chi connectivity index (χ1) is 12.2. The van der Waals surface area contributed by atoms with Gasteiger partial charge in [-0.1, -0.05) is 25.1 Å². The summed E-state index contributed by atoms with van der Waals surface area (Å²) < 4.78 is 5.93. The first-order valence-corrected chi connectivity index (χ1v) is 9.54. The highest BCUT2D eigenvalue weighted by Crippen LogP contribution is 2.23. The molecule has 0 spiro atoms. The lowest BCUT2D eigenvalue weighted by molar-refractivity contribution is 0.488. The van der Waals surface area contributed by atoms with E-state index in [1.54, 1.807) is 11.3 Å². The fourth-order valence-electron chi connectivity index (χ4n) is 2.56. The average Bonchev–Trinajstić information content (AvgIpc) is 3.26. The predicted molar refractivity (Wildman–Crippen MR) is 119 cm³/mol. The van der Waals surface area contributed by atoms with Crippen molar-refractivity contribution >= 4 is 52.2 Å². The van der Waals surface area contributed by atoms with Crippen molar-refractivity contribution in [1.29, 1.82) is 0 Å². The number of fused-ring (bicyclic) bond motifs is 1. The van der Waals surface area contributed by atoms with E-state index < -0.39 is 0 Å². The molecule has 0 fully saturated rings. The Morgan fingerprint density at radius 2 is 2.12 bits per heavy atom. The number of nitrogens with one attached hydrogen (secondary N) is 2. The number of hydrogen-bond donors (Lipinski definition) is 2. The third kappa shape index (κ3) is 5.20. The standard InChI is InChI=1S/C19H24N4OS.HI/c1-4-18-23-15(12-25-18)11-21-19(20-5-2)22-13(3)17-10-14-8-6-7-9-16(14)24-17;/h6-10,12-13H,4-5,11H2,1-3H3,(H2,20,21,22);1H. The van der Waals surface area contributed by atoms with Crippen molar-refractivity contribution in [3.05, 3.63) is 52.2 Å². The minimum Gasteiger partial charge on any atom is -0.459 e.